The van der Waals surface area contributed by atoms with Gasteiger partial charge in [-0.15, -0.1) is 0 Å². The maximum Gasteiger partial charge on any atom is 0.225 e. The largest absolute Gasteiger partial charge is 0.367 e. The van der Waals surface area contributed by atoms with Crippen LogP contribution in [0.25, 0.3) is 11.3 Å². The molecule has 1 aromatic carbocycles. The Kier molecular flexibility index (Phi) is 6.19. The van der Waals surface area contributed by atoms with Crippen molar-refractivity contribution in [2.24, 2.45) is 0 Å². The van der Waals surface area contributed by atoms with Crippen LogP contribution >= 0.6 is 0 Å². The number of unbranched alkanes of at least 4 members (excludes halogenated alkanes) is 1. The Labute approximate surface area is 133 Å². The van der Waals surface area contributed by atoms with Gasteiger partial charge >= 0.3 is 0 Å². The Morgan fingerprint density at radius 2 is 1.86 bits per heavy atom. The second kappa shape index (κ2) is 8.37. The Morgan fingerprint density at radius 3 is 2.55 bits per heavy atom. The molecule has 0 radical (unpaired) electrons. The van der Waals surface area contributed by atoms with Gasteiger partial charge in [0, 0.05) is 24.2 Å². The van der Waals surface area contributed by atoms with E-state index in [9.17, 15) is 0 Å². The summed E-state index contributed by atoms with van der Waals surface area (Å²) in [4.78, 5) is 9.23. The van der Waals surface area contributed by atoms with Crippen LogP contribution in [0.2, 0.25) is 0 Å². The third-order valence-electron chi connectivity index (χ3n) is 3.62. The van der Waals surface area contributed by atoms with Crippen molar-refractivity contribution in [3.8, 4) is 11.3 Å². The molecule has 4 heteroatoms. The van der Waals surface area contributed by atoms with Gasteiger partial charge in [-0.3, -0.25) is 0 Å². The summed E-state index contributed by atoms with van der Waals surface area (Å²) in [6.07, 6.45) is 3.33. The Hall–Kier alpha value is -2.10. The summed E-state index contributed by atoms with van der Waals surface area (Å²) in [5, 5.41) is 6.77. The topological polar surface area (TPSA) is 49.8 Å². The zero-order valence-corrected chi connectivity index (χ0v) is 13.8. The number of aromatic nitrogens is 2. The first-order chi connectivity index (χ1) is 10.7. The first-order valence-electron chi connectivity index (χ1n) is 8.17. The highest BCUT2D eigenvalue weighted by molar-refractivity contribution is 5.64. The van der Waals surface area contributed by atoms with Gasteiger partial charge in [-0.2, -0.15) is 4.98 Å². The first kappa shape index (κ1) is 16.3. The van der Waals surface area contributed by atoms with Gasteiger partial charge in [-0.05, 0) is 19.8 Å². The summed E-state index contributed by atoms with van der Waals surface area (Å²) in [5.74, 6) is 1.57. The Bertz CT molecular complexity index is 569. The molecular weight excluding hydrogens is 272 g/mol. The molecule has 0 aliphatic heterocycles. The second-order valence-corrected chi connectivity index (χ2v) is 5.56. The van der Waals surface area contributed by atoms with E-state index in [1.54, 1.807) is 0 Å². The monoisotopic (exact) mass is 298 g/mol. The van der Waals surface area contributed by atoms with Crippen LogP contribution in [0.5, 0.6) is 0 Å². The van der Waals surface area contributed by atoms with E-state index in [0.717, 1.165) is 42.9 Å². The molecular formula is C18H26N4. The number of hydrogen-bond donors (Lipinski definition) is 2. The normalized spacial score (nSPS) is 12.0. The molecule has 0 saturated heterocycles. The summed E-state index contributed by atoms with van der Waals surface area (Å²) >= 11 is 0. The van der Waals surface area contributed by atoms with Crippen LogP contribution in [0.4, 0.5) is 11.8 Å². The predicted molar refractivity (Wildman–Crippen MR) is 94.2 cm³/mol. The zero-order chi connectivity index (χ0) is 15.8. The van der Waals surface area contributed by atoms with Crippen molar-refractivity contribution in [3.63, 3.8) is 0 Å². The second-order valence-electron chi connectivity index (χ2n) is 5.56. The van der Waals surface area contributed by atoms with E-state index in [4.69, 9.17) is 0 Å². The highest BCUT2D eigenvalue weighted by Crippen LogP contribution is 2.21. The summed E-state index contributed by atoms with van der Waals surface area (Å²) in [6.45, 7) is 7.40. The molecule has 2 rings (SSSR count). The molecule has 1 unspecified atom stereocenters. The lowest BCUT2D eigenvalue weighted by Crippen LogP contribution is -2.16. The molecule has 1 aromatic heterocycles. The minimum Gasteiger partial charge on any atom is -0.367 e. The summed E-state index contributed by atoms with van der Waals surface area (Å²) < 4.78 is 0. The van der Waals surface area contributed by atoms with Gasteiger partial charge in [-0.1, -0.05) is 50.6 Å². The van der Waals surface area contributed by atoms with Crippen LogP contribution in [0.3, 0.4) is 0 Å². The molecule has 0 saturated carbocycles. The average molecular weight is 298 g/mol. The molecule has 0 spiro atoms. The van der Waals surface area contributed by atoms with E-state index in [1.807, 2.05) is 24.3 Å². The van der Waals surface area contributed by atoms with Gasteiger partial charge in [0.2, 0.25) is 5.95 Å². The molecule has 0 aliphatic carbocycles. The van der Waals surface area contributed by atoms with Gasteiger partial charge in [0.15, 0.2) is 0 Å². The number of nitrogens with one attached hydrogen (secondary N) is 2. The minimum absolute atomic E-state index is 0.391. The van der Waals surface area contributed by atoms with Crippen molar-refractivity contribution in [1.29, 1.82) is 0 Å². The van der Waals surface area contributed by atoms with Crippen LogP contribution in [0.15, 0.2) is 36.4 Å². The lowest BCUT2D eigenvalue weighted by Gasteiger charge is -2.15. The molecule has 1 heterocycles. The van der Waals surface area contributed by atoms with Crippen molar-refractivity contribution in [2.75, 3.05) is 17.2 Å². The molecule has 0 bridgehead atoms. The lowest BCUT2D eigenvalue weighted by atomic mass is 10.1. The van der Waals surface area contributed by atoms with Gasteiger partial charge < -0.3 is 10.6 Å². The van der Waals surface area contributed by atoms with E-state index < -0.39 is 0 Å². The Balaban J connectivity index is 2.27. The van der Waals surface area contributed by atoms with E-state index in [-0.39, 0.29) is 0 Å². The SMILES string of the molecule is CCCCNc1nc(NC(C)CC)cc(-c2ccccc2)n1. The molecule has 22 heavy (non-hydrogen) atoms. The lowest BCUT2D eigenvalue weighted by molar-refractivity contribution is 0.758. The fraction of sp³-hybridized carbons (Fsp3) is 0.444. The van der Waals surface area contributed by atoms with E-state index in [0.29, 0.717) is 12.0 Å². The minimum atomic E-state index is 0.391. The molecule has 0 fully saturated rings. The van der Waals surface area contributed by atoms with E-state index >= 15 is 0 Å². The highest BCUT2D eigenvalue weighted by Gasteiger charge is 2.08. The van der Waals surface area contributed by atoms with Gasteiger partial charge in [-0.25, -0.2) is 4.98 Å². The molecule has 2 N–H and O–H groups in total. The van der Waals surface area contributed by atoms with Crippen LogP contribution in [0, 0.1) is 0 Å². The maximum absolute atomic E-state index is 4.65. The quantitative estimate of drug-likeness (QED) is 0.701. The zero-order valence-electron chi connectivity index (χ0n) is 13.8. The first-order valence-corrected chi connectivity index (χ1v) is 8.17. The van der Waals surface area contributed by atoms with Crippen molar-refractivity contribution in [1.82, 2.24) is 9.97 Å². The van der Waals surface area contributed by atoms with Gasteiger partial charge in [0.25, 0.3) is 0 Å². The third-order valence-corrected chi connectivity index (χ3v) is 3.62. The molecule has 4 nitrogen and oxygen atoms in total. The number of benzene rings is 1. The van der Waals surface area contributed by atoms with Crippen molar-refractivity contribution < 1.29 is 0 Å². The number of hydrogen-bond acceptors (Lipinski definition) is 4. The van der Waals surface area contributed by atoms with Gasteiger partial charge in [0.1, 0.15) is 5.82 Å². The molecule has 0 amide bonds. The Morgan fingerprint density at radius 1 is 1.09 bits per heavy atom. The van der Waals surface area contributed by atoms with Crippen molar-refractivity contribution >= 4 is 11.8 Å². The summed E-state index contributed by atoms with van der Waals surface area (Å²) in [5.41, 5.74) is 2.05. The predicted octanol–water partition coefficient (Wildman–Crippen LogP) is 4.57. The van der Waals surface area contributed by atoms with Crippen LogP contribution in [0.1, 0.15) is 40.0 Å². The van der Waals surface area contributed by atoms with Crippen LogP contribution in [-0.4, -0.2) is 22.6 Å². The number of rotatable bonds is 8. The maximum atomic E-state index is 4.65. The summed E-state index contributed by atoms with van der Waals surface area (Å²) in [7, 11) is 0. The van der Waals surface area contributed by atoms with Gasteiger partial charge in [0.05, 0.1) is 5.69 Å². The fourth-order valence-corrected chi connectivity index (χ4v) is 2.09. The van der Waals surface area contributed by atoms with Crippen molar-refractivity contribution in [3.05, 3.63) is 36.4 Å². The molecule has 0 aliphatic rings. The molecule has 118 valence electrons. The van der Waals surface area contributed by atoms with E-state index in [2.05, 4.69) is 53.5 Å². The fourth-order valence-electron chi connectivity index (χ4n) is 2.09. The smallest absolute Gasteiger partial charge is 0.225 e. The standard InChI is InChI=1S/C18H26N4/c1-4-6-12-19-18-21-16(15-10-8-7-9-11-15)13-17(22-18)20-14(3)5-2/h7-11,13-14H,4-6,12H2,1-3H3,(H2,19,20,21,22). The third kappa shape index (κ3) is 4.72. The van der Waals surface area contributed by atoms with Crippen LogP contribution < -0.4 is 10.6 Å². The van der Waals surface area contributed by atoms with Crippen molar-refractivity contribution in [2.45, 2.75) is 46.1 Å². The number of nitrogens with zero attached hydrogens (tertiary/aromatic N) is 2. The molecule has 1 atom stereocenters. The van der Waals surface area contributed by atoms with E-state index in [1.165, 1.54) is 0 Å². The van der Waals surface area contributed by atoms with Crippen LogP contribution in [-0.2, 0) is 0 Å². The summed E-state index contributed by atoms with van der Waals surface area (Å²) in [6, 6.07) is 12.6. The average Bonchev–Trinajstić information content (AvgIpc) is 2.55. The molecule has 2 aromatic rings. The highest BCUT2D eigenvalue weighted by atomic mass is 15.1. The number of anilines is 2.